The van der Waals surface area contributed by atoms with Crippen LogP contribution in [0, 0.1) is 0 Å². The highest BCUT2D eigenvalue weighted by Crippen LogP contribution is 2.15. The zero-order chi connectivity index (χ0) is 11.5. The summed E-state index contributed by atoms with van der Waals surface area (Å²) >= 11 is 0. The van der Waals surface area contributed by atoms with Crippen molar-refractivity contribution in [3.05, 3.63) is 0 Å². The van der Waals surface area contributed by atoms with Crippen LogP contribution >= 0.6 is 0 Å². The average molecular weight is 210 g/mol. The lowest BCUT2D eigenvalue weighted by Crippen LogP contribution is -2.56. The lowest BCUT2D eigenvalue weighted by Gasteiger charge is -2.30. The summed E-state index contributed by atoms with van der Waals surface area (Å²) in [5.41, 5.74) is -2.59. The first-order chi connectivity index (χ1) is 6.25. The van der Waals surface area contributed by atoms with Gasteiger partial charge in [-0.2, -0.15) is 0 Å². The Morgan fingerprint density at radius 2 is 1.79 bits per heavy atom. The third kappa shape index (κ3) is 2.63. The van der Waals surface area contributed by atoms with E-state index in [1.807, 2.05) is 0 Å². The topological polar surface area (TPSA) is 138 Å². The fourth-order valence-electron chi connectivity index (χ4n) is 0.777. The summed E-state index contributed by atoms with van der Waals surface area (Å²) in [5, 5.41) is 53.2. The molecule has 14 heavy (non-hydrogen) atoms. The van der Waals surface area contributed by atoms with Crippen LogP contribution in [0.25, 0.3) is 0 Å². The number of carboxylic acids is 1. The van der Waals surface area contributed by atoms with E-state index in [9.17, 15) is 9.90 Å². The highest BCUT2D eigenvalue weighted by molar-refractivity contribution is 5.77. The molecule has 0 heterocycles. The van der Waals surface area contributed by atoms with Crippen molar-refractivity contribution in [2.24, 2.45) is 0 Å². The largest absolute Gasteiger partial charge is 0.479 e. The maximum atomic E-state index is 10.4. The lowest BCUT2D eigenvalue weighted by atomic mass is 9.92. The molecule has 0 spiro atoms. The predicted octanol–water partition coefficient (Wildman–Crippen LogP) is -3.10. The van der Waals surface area contributed by atoms with Crippen molar-refractivity contribution in [3.8, 4) is 0 Å². The van der Waals surface area contributed by atoms with Crippen molar-refractivity contribution in [2.45, 2.75) is 30.8 Å². The number of aliphatic hydroxyl groups is 5. The fourth-order valence-corrected chi connectivity index (χ4v) is 0.777. The molecule has 0 saturated carbocycles. The van der Waals surface area contributed by atoms with E-state index in [1.165, 1.54) is 0 Å². The van der Waals surface area contributed by atoms with Crippen molar-refractivity contribution in [3.63, 3.8) is 0 Å². The molecule has 6 N–H and O–H groups in total. The quantitative estimate of drug-likeness (QED) is 0.282. The van der Waals surface area contributed by atoms with E-state index < -0.39 is 36.5 Å². The third-order valence-electron chi connectivity index (χ3n) is 1.91. The molecule has 0 unspecified atom stereocenters. The number of hydrogen-bond donors (Lipinski definition) is 6. The molecule has 0 bridgehead atoms. The minimum absolute atomic E-state index is 0.771. The van der Waals surface area contributed by atoms with Crippen LogP contribution in [0.5, 0.6) is 0 Å². The first-order valence-electron chi connectivity index (χ1n) is 3.86. The van der Waals surface area contributed by atoms with Gasteiger partial charge in [0.15, 0.2) is 5.60 Å². The van der Waals surface area contributed by atoms with Gasteiger partial charge >= 0.3 is 5.97 Å². The van der Waals surface area contributed by atoms with Crippen molar-refractivity contribution in [1.82, 2.24) is 0 Å². The Morgan fingerprint density at radius 3 is 2.07 bits per heavy atom. The van der Waals surface area contributed by atoms with E-state index in [0.717, 1.165) is 6.92 Å². The maximum Gasteiger partial charge on any atom is 0.338 e. The second-order valence-electron chi connectivity index (χ2n) is 3.14. The summed E-state index contributed by atoms with van der Waals surface area (Å²) in [6, 6.07) is 0. The second-order valence-corrected chi connectivity index (χ2v) is 3.14. The molecule has 4 atom stereocenters. The molecular formula is C7H14O7. The number of aliphatic carboxylic acids is 1. The van der Waals surface area contributed by atoms with Crippen LogP contribution in [0.1, 0.15) is 6.92 Å². The summed E-state index contributed by atoms with van der Waals surface area (Å²) in [4.78, 5) is 10.4. The molecule has 0 aromatic rings. The lowest BCUT2D eigenvalue weighted by molar-refractivity contribution is -0.186. The van der Waals surface area contributed by atoms with E-state index in [-0.39, 0.29) is 0 Å². The molecule has 0 saturated heterocycles. The summed E-state index contributed by atoms with van der Waals surface area (Å²) in [5.74, 6) is -1.74. The van der Waals surface area contributed by atoms with E-state index in [1.54, 1.807) is 0 Å². The van der Waals surface area contributed by atoms with E-state index in [0.29, 0.717) is 0 Å². The third-order valence-corrected chi connectivity index (χ3v) is 1.91. The molecule has 84 valence electrons. The molecule has 0 aromatic carbocycles. The predicted molar refractivity (Wildman–Crippen MR) is 43.4 cm³/mol. The highest BCUT2D eigenvalue weighted by atomic mass is 16.4. The maximum absolute atomic E-state index is 10.4. The number of carboxylic acid groups (broad SMARTS) is 1. The van der Waals surface area contributed by atoms with Crippen LogP contribution in [0.15, 0.2) is 0 Å². The Balaban J connectivity index is 4.60. The normalized spacial score (nSPS) is 22.1. The van der Waals surface area contributed by atoms with Gasteiger partial charge in [0.05, 0.1) is 6.61 Å². The van der Waals surface area contributed by atoms with Crippen molar-refractivity contribution < 1.29 is 35.4 Å². The molecule has 7 heteroatoms. The molecule has 0 radical (unpaired) electrons. The van der Waals surface area contributed by atoms with Crippen LogP contribution in [-0.2, 0) is 4.79 Å². The van der Waals surface area contributed by atoms with Gasteiger partial charge in [0.1, 0.15) is 18.3 Å². The molecule has 0 aliphatic heterocycles. The zero-order valence-electron chi connectivity index (χ0n) is 7.53. The van der Waals surface area contributed by atoms with Gasteiger partial charge in [-0.3, -0.25) is 0 Å². The second kappa shape index (κ2) is 4.67. The minimum atomic E-state index is -2.59. The average Bonchev–Trinajstić information content (AvgIpc) is 2.13. The van der Waals surface area contributed by atoms with E-state index in [2.05, 4.69) is 0 Å². The smallest absolute Gasteiger partial charge is 0.338 e. The van der Waals surface area contributed by atoms with Crippen LogP contribution in [-0.4, -0.2) is 67.1 Å². The number of hydrogen-bond acceptors (Lipinski definition) is 6. The van der Waals surface area contributed by atoms with Crippen LogP contribution in [0.4, 0.5) is 0 Å². The van der Waals surface area contributed by atoms with Gasteiger partial charge in [-0.15, -0.1) is 0 Å². The van der Waals surface area contributed by atoms with Crippen molar-refractivity contribution in [2.75, 3.05) is 6.61 Å². The van der Waals surface area contributed by atoms with Gasteiger partial charge in [0, 0.05) is 0 Å². The molecule has 0 rings (SSSR count). The Kier molecular flexibility index (Phi) is 4.43. The Labute approximate surface area is 79.9 Å². The summed E-state index contributed by atoms with van der Waals surface area (Å²) in [7, 11) is 0. The molecule has 0 fully saturated rings. The Bertz CT molecular complexity index is 202. The first kappa shape index (κ1) is 13.3. The Hall–Kier alpha value is -0.730. The Morgan fingerprint density at radius 1 is 1.36 bits per heavy atom. The molecule has 0 aliphatic rings. The van der Waals surface area contributed by atoms with Gasteiger partial charge in [0.25, 0.3) is 0 Å². The van der Waals surface area contributed by atoms with Crippen LogP contribution in [0.2, 0.25) is 0 Å². The first-order valence-corrected chi connectivity index (χ1v) is 3.86. The van der Waals surface area contributed by atoms with E-state index >= 15 is 0 Å². The summed E-state index contributed by atoms with van der Waals surface area (Å²) < 4.78 is 0. The minimum Gasteiger partial charge on any atom is -0.479 e. The zero-order valence-corrected chi connectivity index (χ0v) is 7.53. The molecule has 0 aromatic heterocycles. The van der Waals surface area contributed by atoms with E-state index in [4.69, 9.17) is 25.5 Å². The van der Waals surface area contributed by atoms with Crippen molar-refractivity contribution in [1.29, 1.82) is 0 Å². The standard InChI is InChI=1S/C7H14O7/c1-7(14,6(12)13)5(11)4(10)3(9)2-8/h3-5,8-11,14H,2H2,1H3,(H,12,13)/t3-,4+,5-,7-/m1/s1. The van der Waals surface area contributed by atoms with Gasteiger partial charge < -0.3 is 30.6 Å². The van der Waals surface area contributed by atoms with Gasteiger partial charge in [0.2, 0.25) is 0 Å². The molecule has 0 aliphatic carbocycles. The van der Waals surface area contributed by atoms with Crippen LogP contribution in [0.3, 0.4) is 0 Å². The summed E-state index contributed by atoms with van der Waals surface area (Å²) in [6.45, 7) is -0.0821. The van der Waals surface area contributed by atoms with Gasteiger partial charge in [-0.1, -0.05) is 0 Å². The van der Waals surface area contributed by atoms with Crippen LogP contribution < -0.4 is 0 Å². The van der Waals surface area contributed by atoms with Crippen molar-refractivity contribution >= 4 is 5.97 Å². The molecule has 7 nitrogen and oxygen atoms in total. The fraction of sp³-hybridized carbons (Fsp3) is 0.857. The summed E-state index contributed by atoms with van der Waals surface area (Å²) in [6.07, 6.45) is -5.75. The molecule has 0 amide bonds. The van der Waals surface area contributed by atoms with Gasteiger partial charge in [-0.25, -0.2) is 4.79 Å². The monoisotopic (exact) mass is 210 g/mol. The number of aliphatic hydroxyl groups excluding tert-OH is 4. The SMILES string of the molecule is C[C@](O)(C(=O)O)[C@H](O)[C@@H](O)[C@H](O)CO. The highest BCUT2D eigenvalue weighted by Gasteiger charge is 2.44. The number of carbonyl (C=O) groups is 1. The molecular weight excluding hydrogens is 196 g/mol. The number of rotatable bonds is 5. The van der Waals surface area contributed by atoms with Gasteiger partial charge in [-0.05, 0) is 6.92 Å².